The molecule has 0 amide bonds. The molecule has 1 aromatic rings. The summed E-state index contributed by atoms with van der Waals surface area (Å²) in [5.41, 5.74) is -1.24. The van der Waals surface area contributed by atoms with Crippen LogP contribution in [0.15, 0.2) is 18.2 Å². The molecule has 0 bridgehead atoms. The number of benzene rings is 1. The Morgan fingerprint density at radius 1 is 0.905 bits per heavy atom. The summed E-state index contributed by atoms with van der Waals surface area (Å²) in [7, 11) is 0. The molecule has 0 spiro atoms. The van der Waals surface area contributed by atoms with Gasteiger partial charge in [-0.25, -0.2) is 19.2 Å². The second-order valence-electron chi connectivity index (χ2n) is 3.37. The van der Waals surface area contributed by atoms with Crippen LogP contribution in [-0.4, -0.2) is 51.1 Å². The standard InChI is InChI=1S/C9H6O6.C3H6O3/c10-7(11)4-1-2-5(8(12)13)6(3-4)9(14)15;1-2-6-3(4)5/h1-3H,(H,10,11)(H,12,13)(H,14,15);2H2,1H3,(H,4,5). The largest absolute Gasteiger partial charge is 0.505 e. The zero-order valence-electron chi connectivity index (χ0n) is 10.8. The van der Waals surface area contributed by atoms with Crippen LogP contribution in [0.3, 0.4) is 0 Å². The molecule has 9 nitrogen and oxygen atoms in total. The molecule has 0 radical (unpaired) electrons. The predicted molar refractivity (Wildman–Crippen MR) is 67.0 cm³/mol. The number of carbonyl (C=O) groups is 4. The van der Waals surface area contributed by atoms with Crippen molar-refractivity contribution in [2.45, 2.75) is 6.92 Å². The van der Waals surface area contributed by atoms with Gasteiger partial charge in [0.1, 0.15) is 0 Å². The lowest BCUT2D eigenvalue weighted by atomic mass is 10.0. The van der Waals surface area contributed by atoms with Crippen molar-refractivity contribution in [2.75, 3.05) is 6.61 Å². The first-order valence-corrected chi connectivity index (χ1v) is 5.40. The third-order valence-corrected chi connectivity index (χ3v) is 2.00. The van der Waals surface area contributed by atoms with Crippen LogP contribution in [0.1, 0.15) is 38.0 Å². The predicted octanol–water partition coefficient (Wildman–Crippen LogP) is 1.48. The first-order chi connectivity index (χ1) is 9.70. The van der Waals surface area contributed by atoms with Crippen molar-refractivity contribution >= 4 is 24.1 Å². The molecular formula is C12H12O9. The normalized spacial score (nSPS) is 9.00. The Morgan fingerprint density at radius 2 is 1.43 bits per heavy atom. The van der Waals surface area contributed by atoms with Gasteiger partial charge in [-0.05, 0) is 25.1 Å². The van der Waals surface area contributed by atoms with Crippen LogP contribution in [0.4, 0.5) is 4.79 Å². The lowest BCUT2D eigenvalue weighted by Gasteiger charge is -2.02. The maximum absolute atomic E-state index is 10.6. The van der Waals surface area contributed by atoms with Gasteiger partial charge in [-0.3, -0.25) is 0 Å². The van der Waals surface area contributed by atoms with Crippen LogP contribution in [0, 0.1) is 0 Å². The van der Waals surface area contributed by atoms with Crippen molar-refractivity contribution in [3.05, 3.63) is 34.9 Å². The van der Waals surface area contributed by atoms with Crippen molar-refractivity contribution in [1.29, 1.82) is 0 Å². The molecule has 0 saturated heterocycles. The topological polar surface area (TPSA) is 158 Å². The number of carboxylic acid groups (broad SMARTS) is 4. The van der Waals surface area contributed by atoms with Crippen LogP contribution >= 0.6 is 0 Å². The lowest BCUT2D eigenvalue weighted by molar-refractivity contribution is 0.0649. The van der Waals surface area contributed by atoms with Gasteiger partial charge >= 0.3 is 24.1 Å². The summed E-state index contributed by atoms with van der Waals surface area (Å²) in [6.07, 6.45) is -1.21. The number of carboxylic acids is 3. The second-order valence-corrected chi connectivity index (χ2v) is 3.37. The first-order valence-electron chi connectivity index (χ1n) is 5.40. The van der Waals surface area contributed by atoms with E-state index in [0.29, 0.717) is 0 Å². The fraction of sp³-hybridized carbons (Fsp3) is 0.167. The van der Waals surface area contributed by atoms with Crippen molar-refractivity contribution < 1.29 is 44.3 Å². The highest BCUT2D eigenvalue weighted by Gasteiger charge is 2.17. The monoisotopic (exact) mass is 300 g/mol. The Labute approximate surface area is 118 Å². The molecule has 0 aliphatic heterocycles. The Balaban J connectivity index is 0.000000567. The summed E-state index contributed by atoms with van der Waals surface area (Å²) >= 11 is 0. The summed E-state index contributed by atoms with van der Waals surface area (Å²) in [6, 6.07) is 2.81. The van der Waals surface area contributed by atoms with Gasteiger partial charge in [0.15, 0.2) is 0 Å². The van der Waals surface area contributed by atoms with Crippen molar-refractivity contribution in [3.63, 3.8) is 0 Å². The minimum atomic E-state index is -1.48. The van der Waals surface area contributed by atoms with Gasteiger partial charge in [0, 0.05) is 0 Å². The molecular weight excluding hydrogens is 288 g/mol. The lowest BCUT2D eigenvalue weighted by Crippen LogP contribution is -2.10. The summed E-state index contributed by atoms with van der Waals surface area (Å²) in [5, 5.41) is 33.6. The average molecular weight is 300 g/mol. The molecule has 0 fully saturated rings. The molecule has 0 saturated carbocycles. The fourth-order valence-corrected chi connectivity index (χ4v) is 1.16. The third kappa shape index (κ3) is 6.05. The van der Waals surface area contributed by atoms with Crippen molar-refractivity contribution in [1.82, 2.24) is 0 Å². The summed E-state index contributed by atoms with van der Waals surface area (Å²) in [6.45, 7) is 1.85. The van der Waals surface area contributed by atoms with E-state index < -0.39 is 35.2 Å². The maximum atomic E-state index is 10.6. The average Bonchev–Trinajstić information content (AvgIpc) is 2.38. The van der Waals surface area contributed by atoms with Gasteiger partial charge in [-0.2, -0.15) is 0 Å². The number of rotatable bonds is 4. The quantitative estimate of drug-likeness (QED) is 0.604. The first kappa shape index (κ1) is 17.9. The van der Waals surface area contributed by atoms with Crippen molar-refractivity contribution in [3.8, 4) is 0 Å². The molecule has 0 aromatic heterocycles. The molecule has 21 heavy (non-hydrogen) atoms. The molecule has 1 rings (SSSR count). The molecule has 0 aliphatic rings. The highest BCUT2D eigenvalue weighted by Crippen LogP contribution is 2.12. The van der Waals surface area contributed by atoms with Crippen LogP contribution in [-0.2, 0) is 4.74 Å². The summed E-state index contributed by atoms with van der Waals surface area (Å²) in [4.78, 5) is 41.1. The number of ether oxygens (including phenoxy) is 1. The Bertz CT molecular complexity index is 562. The Kier molecular flexibility index (Phi) is 6.94. The van der Waals surface area contributed by atoms with Gasteiger partial charge in [-0.1, -0.05) is 0 Å². The van der Waals surface area contributed by atoms with Crippen LogP contribution in [0.5, 0.6) is 0 Å². The highest BCUT2D eigenvalue weighted by molar-refractivity contribution is 6.03. The number of hydrogen-bond acceptors (Lipinski definition) is 5. The number of hydrogen-bond donors (Lipinski definition) is 4. The van der Waals surface area contributed by atoms with E-state index in [1.807, 2.05) is 0 Å². The highest BCUT2D eigenvalue weighted by atomic mass is 16.7. The third-order valence-electron chi connectivity index (χ3n) is 2.00. The minimum absolute atomic E-state index is 0.231. The smallest absolute Gasteiger partial charge is 0.478 e. The molecule has 114 valence electrons. The van der Waals surface area contributed by atoms with E-state index in [9.17, 15) is 19.2 Å². The Hall–Kier alpha value is -3.10. The maximum Gasteiger partial charge on any atom is 0.505 e. The minimum Gasteiger partial charge on any atom is -0.478 e. The zero-order valence-corrected chi connectivity index (χ0v) is 10.8. The molecule has 9 heteroatoms. The van der Waals surface area contributed by atoms with Crippen LogP contribution in [0.25, 0.3) is 0 Å². The van der Waals surface area contributed by atoms with E-state index in [1.165, 1.54) is 0 Å². The SMILES string of the molecule is CCOC(=O)O.O=C(O)c1ccc(C(=O)O)c(C(=O)O)c1. The molecule has 0 heterocycles. The number of aromatic carboxylic acids is 3. The van der Waals surface area contributed by atoms with E-state index in [4.69, 9.17) is 20.4 Å². The van der Waals surface area contributed by atoms with E-state index in [2.05, 4.69) is 4.74 Å². The van der Waals surface area contributed by atoms with Gasteiger partial charge in [0.2, 0.25) is 0 Å². The van der Waals surface area contributed by atoms with E-state index in [0.717, 1.165) is 18.2 Å². The van der Waals surface area contributed by atoms with Crippen LogP contribution in [0.2, 0.25) is 0 Å². The summed E-state index contributed by atoms with van der Waals surface area (Å²) < 4.78 is 3.96. The van der Waals surface area contributed by atoms with Crippen molar-refractivity contribution in [2.24, 2.45) is 0 Å². The molecule has 1 aromatic carbocycles. The van der Waals surface area contributed by atoms with Gasteiger partial charge < -0.3 is 25.2 Å². The zero-order chi connectivity index (χ0) is 16.6. The van der Waals surface area contributed by atoms with E-state index >= 15 is 0 Å². The summed E-state index contributed by atoms with van der Waals surface area (Å²) in [5.74, 6) is -4.20. The van der Waals surface area contributed by atoms with Gasteiger partial charge in [0.25, 0.3) is 0 Å². The van der Waals surface area contributed by atoms with Crippen LogP contribution < -0.4 is 0 Å². The fourth-order valence-electron chi connectivity index (χ4n) is 1.16. The molecule has 0 atom stereocenters. The second kappa shape index (κ2) is 8.15. The molecule has 4 N–H and O–H groups in total. The van der Waals surface area contributed by atoms with E-state index in [-0.39, 0.29) is 12.2 Å². The molecule has 0 unspecified atom stereocenters. The van der Waals surface area contributed by atoms with E-state index in [1.54, 1.807) is 6.92 Å². The Morgan fingerprint density at radius 3 is 1.71 bits per heavy atom. The molecule has 0 aliphatic carbocycles. The van der Waals surface area contributed by atoms with Gasteiger partial charge in [0.05, 0.1) is 23.3 Å². The van der Waals surface area contributed by atoms with Gasteiger partial charge in [-0.15, -0.1) is 0 Å².